The van der Waals surface area contributed by atoms with Gasteiger partial charge in [0, 0.05) is 6.92 Å². The van der Waals surface area contributed by atoms with Crippen LogP contribution in [-0.4, -0.2) is 59.6 Å². The number of halogens is 1. The van der Waals surface area contributed by atoms with E-state index in [4.69, 9.17) is 30.5 Å². The van der Waals surface area contributed by atoms with Gasteiger partial charge in [0.05, 0.1) is 11.1 Å². The molecule has 0 radical (unpaired) electrons. The van der Waals surface area contributed by atoms with Crippen molar-refractivity contribution in [1.82, 2.24) is 0 Å². The van der Waals surface area contributed by atoms with Crippen molar-refractivity contribution in [1.29, 1.82) is 0 Å². The smallest absolute Gasteiger partial charge is 0.338 e. The summed E-state index contributed by atoms with van der Waals surface area (Å²) in [6.45, 7) is 0.930. The Morgan fingerprint density at radius 3 is 1.87 bits per heavy atom. The van der Waals surface area contributed by atoms with E-state index in [-0.39, 0.29) is 17.7 Å². The molecular formula is C22H21ClO8. The van der Waals surface area contributed by atoms with Crippen molar-refractivity contribution in [3.63, 3.8) is 0 Å². The molecule has 0 saturated carbocycles. The number of aliphatic hydroxyl groups excluding tert-OH is 1. The SMILES string of the molecule is CC(=O)OC[C@H]1OC(O)[C@H](OC(=O)c2ccccc2)[C@@H](OC(=O)c2ccccc2)[C@@H]1Cl. The summed E-state index contributed by atoms with van der Waals surface area (Å²) in [4.78, 5) is 36.3. The van der Waals surface area contributed by atoms with Gasteiger partial charge < -0.3 is 24.1 Å². The van der Waals surface area contributed by atoms with Crippen molar-refractivity contribution in [3.8, 4) is 0 Å². The van der Waals surface area contributed by atoms with Gasteiger partial charge in [0.2, 0.25) is 0 Å². The third kappa shape index (κ3) is 5.81. The Labute approximate surface area is 183 Å². The summed E-state index contributed by atoms with van der Waals surface area (Å²) in [5, 5.41) is 9.40. The lowest BCUT2D eigenvalue weighted by Crippen LogP contribution is -2.59. The predicted octanol–water partition coefficient (Wildman–Crippen LogP) is 2.33. The van der Waals surface area contributed by atoms with Crippen molar-refractivity contribution in [2.75, 3.05) is 6.61 Å². The summed E-state index contributed by atoms with van der Waals surface area (Å²) >= 11 is 6.46. The van der Waals surface area contributed by atoms with Crippen LogP contribution in [0.3, 0.4) is 0 Å². The van der Waals surface area contributed by atoms with Gasteiger partial charge in [-0.05, 0) is 24.3 Å². The maximum Gasteiger partial charge on any atom is 0.338 e. The molecule has 8 nitrogen and oxygen atoms in total. The largest absolute Gasteiger partial charge is 0.463 e. The number of hydrogen-bond acceptors (Lipinski definition) is 8. The molecule has 0 aromatic heterocycles. The molecule has 1 heterocycles. The third-order valence-corrected chi connectivity index (χ3v) is 5.07. The molecule has 2 aromatic rings. The van der Waals surface area contributed by atoms with Gasteiger partial charge in [0.25, 0.3) is 0 Å². The lowest BCUT2D eigenvalue weighted by molar-refractivity contribution is -0.250. The molecule has 1 aliphatic heterocycles. The molecule has 3 rings (SSSR count). The molecule has 2 aromatic carbocycles. The Bertz CT molecular complexity index is 904. The van der Waals surface area contributed by atoms with Crippen molar-refractivity contribution in [2.24, 2.45) is 0 Å². The highest BCUT2D eigenvalue weighted by Gasteiger charge is 2.49. The number of alkyl halides is 1. The van der Waals surface area contributed by atoms with Crippen LogP contribution >= 0.6 is 11.6 Å². The highest BCUT2D eigenvalue weighted by Crippen LogP contribution is 2.30. The first-order valence-electron chi connectivity index (χ1n) is 9.50. The lowest BCUT2D eigenvalue weighted by Gasteiger charge is -2.41. The summed E-state index contributed by atoms with van der Waals surface area (Å²) in [5.74, 6) is -2.05. The van der Waals surface area contributed by atoms with E-state index in [0.717, 1.165) is 0 Å². The van der Waals surface area contributed by atoms with Crippen molar-refractivity contribution < 1.29 is 38.4 Å². The standard InChI is InChI=1S/C22H21ClO8/c1-13(24)28-12-16-17(23)18(30-20(25)14-8-4-2-5-9-14)19(22(27)29-16)31-21(26)15-10-6-3-7-11-15/h2-11,16-19,22,27H,12H2,1H3/t16-,17-,18+,19-,22?/m1/s1. The molecule has 1 unspecified atom stereocenters. The molecule has 0 amide bonds. The first-order chi connectivity index (χ1) is 14.9. The van der Waals surface area contributed by atoms with E-state index in [1.54, 1.807) is 48.5 Å². The Hall–Kier alpha value is -2.94. The Balaban J connectivity index is 1.82. The van der Waals surface area contributed by atoms with Gasteiger partial charge in [0.15, 0.2) is 18.5 Å². The lowest BCUT2D eigenvalue weighted by atomic mass is 10.0. The number of ether oxygens (including phenoxy) is 4. The molecule has 164 valence electrons. The quantitative estimate of drug-likeness (QED) is 0.407. The topological polar surface area (TPSA) is 108 Å². The molecule has 1 N–H and O–H groups in total. The predicted molar refractivity (Wildman–Crippen MR) is 108 cm³/mol. The Morgan fingerprint density at radius 2 is 1.39 bits per heavy atom. The Kier molecular flexibility index (Phi) is 7.62. The van der Waals surface area contributed by atoms with E-state index in [9.17, 15) is 19.5 Å². The average Bonchev–Trinajstić information content (AvgIpc) is 2.78. The second-order valence-electron chi connectivity index (χ2n) is 6.78. The first kappa shape index (κ1) is 22.7. The van der Waals surface area contributed by atoms with Crippen molar-refractivity contribution in [2.45, 2.75) is 36.9 Å². The number of hydrogen-bond donors (Lipinski definition) is 1. The van der Waals surface area contributed by atoms with Gasteiger partial charge in [0.1, 0.15) is 18.1 Å². The van der Waals surface area contributed by atoms with Crippen molar-refractivity contribution >= 4 is 29.5 Å². The zero-order valence-corrected chi connectivity index (χ0v) is 17.3. The van der Waals surface area contributed by atoms with Crippen LogP contribution in [0.25, 0.3) is 0 Å². The number of esters is 3. The number of carbonyl (C=O) groups excluding carboxylic acids is 3. The number of aliphatic hydroxyl groups is 1. The molecule has 31 heavy (non-hydrogen) atoms. The summed E-state index contributed by atoms with van der Waals surface area (Å²) < 4.78 is 21.2. The normalized spacial score (nSPS) is 25.3. The molecule has 1 saturated heterocycles. The first-order valence-corrected chi connectivity index (χ1v) is 9.93. The summed E-state index contributed by atoms with van der Waals surface area (Å²) in [6, 6.07) is 16.2. The molecule has 9 heteroatoms. The minimum atomic E-state index is -1.67. The van der Waals surface area contributed by atoms with E-state index in [2.05, 4.69) is 0 Å². The van der Waals surface area contributed by atoms with Gasteiger partial charge in [-0.1, -0.05) is 36.4 Å². The van der Waals surface area contributed by atoms with Crippen LogP contribution in [-0.2, 0) is 23.7 Å². The minimum Gasteiger partial charge on any atom is -0.463 e. The second-order valence-corrected chi connectivity index (χ2v) is 7.29. The maximum absolute atomic E-state index is 12.6. The third-order valence-electron chi connectivity index (χ3n) is 4.54. The summed E-state index contributed by atoms with van der Waals surface area (Å²) in [5.41, 5.74) is 0.480. The highest BCUT2D eigenvalue weighted by molar-refractivity contribution is 6.21. The minimum absolute atomic E-state index is 0.232. The fraction of sp³-hybridized carbons (Fsp3) is 0.318. The number of carbonyl (C=O) groups is 3. The van der Waals surface area contributed by atoms with Crippen LogP contribution in [0.5, 0.6) is 0 Å². The monoisotopic (exact) mass is 448 g/mol. The number of rotatable bonds is 6. The molecular weight excluding hydrogens is 428 g/mol. The van der Waals surface area contributed by atoms with Crippen LogP contribution < -0.4 is 0 Å². The number of benzene rings is 2. The van der Waals surface area contributed by atoms with E-state index < -0.39 is 47.9 Å². The van der Waals surface area contributed by atoms with Crippen LogP contribution in [0.1, 0.15) is 27.6 Å². The molecule has 0 aliphatic carbocycles. The fourth-order valence-corrected chi connectivity index (χ4v) is 3.33. The van der Waals surface area contributed by atoms with Gasteiger partial charge in [-0.2, -0.15) is 0 Å². The van der Waals surface area contributed by atoms with Gasteiger partial charge in [-0.3, -0.25) is 4.79 Å². The fourth-order valence-electron chi connectivity index (χ4n) is 3.01. The van der Waals surface area contributed by atoms with Crippen LogP contribution in [0, 0.1) is 0 Å². The molecule has 5 atom stereocenters. The van der Waals surface area contributed by atoms with Gasteiger partial charge in [-0.25, -0.2) is 9.59 Å². The molecule has 0 spiro atoms. The average molecular weight is 449 g/mol. The van der Waals surface area contributed by atoms with Crippen LogP contribution in [0.15, 0.2) is 60.7 Å². The van der Waals surface area contributed by atoms with E-state index in [1.165, 1.54) is 19.1 Å². The zero-order chi connectivity index (χ0) is 22.4. The molecule has 1 aliphatic rings. The van der Waals surface area contributed by atoms with Gasteiger partial charge >= 0.3 is 17.9 Å². The van der Waals surface area contributed by atoms with E-state index in [0.29, 0.717) is 0 Å². The van der Waals surface area contributed by atoms with E-state index >= 15 is 0 Å². The molecule has 1 fully saturated rings. The second kappa shape index (κ2) is 10.4. The van der Waals surface area contributed by atoms with E-state index in [1.807, 2.05) is 0 Å². The van der Waals surface area contributed by atoms with Gasteiger partial charge in [-0.15, -0.1) is 11.6 Å². The van der Waals surface area contributed by atoms with Crippen LogP contribution in [0.4, 0.5) is 0 Å². The highest BCUT2D eigenvalue weighted by atomic mass is 35.5. The van der Waals surface area contributed by atoms with Crippen LogP contribution in [0.2, 0.25) is 0 Å². The Morgan fingerprint density at radius 1 is 0.903 bits per heavy atom. The zero-order valence-electron chi connectivity index (χ0n) is 16.6. The maximum atomic E-state index is 12.6. The summed E-state index contributed by atoms with van der Waals surface area (Å²) in [6.07, 6.45) is -5.35. The van der Waals surface area contributed by atoms with Crippen molar-refractivity contribution in [3.05, 3.63) is 71.8 Å². The molecule has 0 bridgehead atoms. The summed E-state index contributed by atoms with van der Waals surface area (Å²) in [7, 11) is 0.